The molecular weight excluding hydrogens is 318 g/mol. The van der Waals surface area contributed by atoms with Crippen molar-refractivity contribution in [3.63, 3.8) is 0 Å². The van der Waals surface area contributed by atoms with Crippen molar-refractivity contribution >= 4 is 17.7 Å². The van der Waals surface area contributed by atoms with Crippen molar-refractivity contribution in [2.45, 2.75) is 29.6 Å². The molecule has 1 N–H and O–H groups in total. The third-order valence-electron chi connectivity index (χ3n) is 5.42. The summed E-state index contributed by atoms with van der Waals surface area (Å²) in [5.74, 6) is 1.01. The SMILES string of the molecule is COc1cc2c(cc1SC)CC(=O)NCC21CCc2ccccc21. The van der Waals surface area contributed by atoms with Gasteiger partial charge in [-0.2, -0.15) is 0 Å². The van der Waals surface area contributed by atoms with Gasteiger partial charge in [0.15, 0.2) is 0 Å². The molecule has 2 aliphatic rings. The lowest BCUT2D eigenvalue weighted by atomic mass is 9.73. The molecule has 2 aromatic carbocycles. The number of ether oxygens (including phenoxy) is 1. The van der Waals surface area contributed by atoms with Gasteiger partial charge in [0.25, 0.3) is 0 Å². The van der Waals surface area contributed by atoms with E-state index in [0.717, 1.165) is 29.1 Å². The van der Waals surface area contributed by atoms with Crippen LogP contribution >= 0.6 is 11.8 Å². The number of hydrogen-bond acceptors (Lipinski definition) is 3. The molecule has 0 saturated heterocycles. The van der Waals surface area contributed by atoms with Crippen molar-refractivity contribution in [2.75, 3.05) is 19.9 Å². The van der Waals surface area contributed by atoms with E-state index >= 15 is 0 Å². The number of amides is 1. The first-order valence-electron chi connectivity index (χ1n) is 8.28. The Morgan fingerprint density at radius 1 is 1.17 bits per heavy atom. The van der Waals surface area contributed by atoms with Gasteiger partial charge in [-0.25, -0.2) is 0 Å². The number of rotatable bonds is 2. The molecule has 0 bridgehead atoms. The van der Waals surface area contributed by atoms with Crippen LogP contribution in [0.25, 0.3) is 0 Å². The molecule has 1 amide bonds. The second-order valence-corrected chi connectivity index (χ2v) is 7.41. The number of methoxy groups -OCH3 is 1. The molecule has 1 atom stereocenters. The Morgan fingerprint density at radius 3 is 2.79 bits per heavy atom. The molecule has 24 heavy (non-hydrogen) atoms. The quantitative estimate of drug-likeness (QED) is 0.853. The molecule has 4 heteroatoms. The van der Waals surface area contributed by atoms with Gasteiger partial charge in [0.05, 0.1) is 13.5 Å². The summed E-state index contributed by atoms with van der Waals surface area (Å²) in [5.41, 5.74) is 5.00. The summed E-state index contributed by atoms with van der Waals surface area (Å²) in [4.78, 5) is 13.4. The van der Waals surface area contributed by atoms with Crippen LogP contribution in [-0.2, 0) is 23.1 Å². The predicted octanol–water partition coefficient (Wildman–Crippen LogP) is 3.32. The van der Waals surface area contributed by atoms with Crippen LogP contribution in [0, 0.1) is 0 Å². The molecule has 2 aromatic rings. The van der Waals surface area contributed by atoms with Gasteiger partial charge in [-0.15, -0.1) is 11.8 Å². The maximum Gasteiger partial charge on any atom is 0.224 e. The Morgan fingerprint density at radius 2 is 2.00 bits per heavy atom. The number of benzene rings is 2. The number of fused-ring (bicyclic) bond motifs is 4. The number of hydrogen-bond donors (Lipinski definition) is 1. The summed E-state index contributed by atoms with van der Waals surface area (Å²) >= 11 is 1.66. The molecule has 3 nitrogen and oxygen atoms in total. The Balaban J connectivity index is 1.98. The summed E-state index contributed by atoms with van der Waals surface area (Å²) < 4.78 is 5.63. The zero-order chi connectivity index (χ0) is 16.7. The highest BCUT2D eigenvalue weighted by Gasteiger charge is 2.43. The van der Waals surface area contributed by atoms with Crippen LogP contribution in [0.5, 0.6) is 5.75 Å². The van der Waals surface area contributed by atoms with Gasteiger partial charge in [0.1, 0.15) is 5.75 Å². The van der Waals surface area contributed by atoms with Crippen LogP contribution in [-0.4, -0.2) is 25.8 Å². The van der Waals surface area contributed by atoms with Gasteiger partial charge < -0.3 is 10.1 Å². The molecule has 0 radical (unpaired) electrons. The summed E-state index contributed by atoms with van der Waals surface area (Å²) in [6.45, 7) is 0.664. The smallest absolute Gasteiger partial charge is 0.224 e. The first-order chi connectivity index (χ1) is 11.7. The molecule has 1 unspecified atom stereocenters. The molecule has 1 aliphatic carbocycles. The van der Waals surface area contributed by atoms with Crippen molar-refractivity contribution in [1.29, 1.82) is 0 Å². The van der Waals surface area contributed by atoms with E-state index in [4.69, 9.17) is 4.74 Å². The summed E-state index contributed by atoms with van der Waals surface area (Å²) in [5, 5.41) is 3.15. The summed E-state index contributed by atoms with van der Waals surface area (Å²) in [7, 11) is 1.72. The minimum absolute atomic E-state index is 0.106. The monoisotopic (exact) mass is 339 g/mol. The Labute approximate surface area is 146 Å². The van der Waals surface area contributed by atoms with E-state index in [1.807, 2.05) is 6.26 Å². The number of carbonyl (C=O) groups excluding carboxylic acids is 1. The fourth-order valence-electron chi connectivity index (χ4n) is 4.24. The average Bonchev–Trinajstić information content (AvgIpc) is 2.92. The lowest BCUT2D eigenvalue weighted by molar-refractivity contribution is -0.120. The zero-order valence-electron chi connectivity index (χ0n) is 14.0. The van der Waals surface area contributed by atoms with Crippen LogP contribution in [0.4, 0.5) is 0 Å². The van der Waals surface area contributed by atoms with Gasteiger partial charge >= 0.3 is 0 Å². The van der Waals surface area contributed by atoms with Gasteiger partial charge in [0, 0.05) is 16.9 Å². The second-order valence-electron chi connectivity index (χ2n) is 6.56. The third-order valence-corrected chi connectivity index (χ3v) is 6.18. The summed E-state index contributed by atoms with van der Waals surface area (Å²) in [6.07, 6.45) is 4.57. The third kappa shape index (κ3) is 2.24. The average molecular weight is 339 g/mol. The molecule has 4 rings (SSSR count). The van der Waals surface area contributed by atoms with Gasteiger partial charge in [-0.3, -0.25) is 4.79 Å². The lowest BCUT2D eigenvalue weighted by Gasteiger charge is -2.32. The van der Waals surface area contributed by atoms with Crippen LogP contribution in [0.2, 0.25) is 0 Å². The molecule has 0 saturated carbocycles. The molecule has 1 spiro atoms. The van der Waals surface area contributed by atoms with Crippen molar-refractivity contribution in [1.82, 2.24) is 5.32 Å². The van der Waals surface area contributed by atoms with E-state index in [-0.39, 0.29) is 11.3 Å². The minimum Gasteiger partial charge on any atom is -0.496 e. The highest BCUT2D eigenvalue weighted by molar-refractivity contribution is 7.98. The Bertz CT molecular complexity index is 817. The zero-order valence-corrected chi connectivity index (χ0v) is 14.8. The van der Waals surface area contributed by atoms with Crippen LogP contribution in [0.3, 0.4) is 0 Å². The maximum absolute atomic E-state index is 12.3. The topological polar surface area (TPSA) is 38.3 Å². The predicted molar refractivity (Wildman–Crippen MR) is 97.0 cm³/mol. The molecular formula is C20H21NO2S. The van der Waals surface area contributed by atoms with E-state index < -0.39 is 0 Å². The normalized spacial score (nSPS) is 21.8. The van der Waals surface area contributed by atoms with Crippen molar-refractivity contribution < 1.29 is 9.53 Å². The first-order valence-corrected chi connectivity index (χ1v) is 9.51. The maximum atomic E-state index is 12.3. The first kappa shape index (κ1) is 15.6. The molecule has 0 fully saturated rings. The van der Waals surface area contributed by atoms with E-state index in [2.05, 4.69) is 41.7 Å². The Kier molecular flexibility index (Phi) is 3.80. The van der Waals surface area contributed by atoms with Gasteiger partial charge in [-0.1, -0.05) is 24.3 Å². The van der Waals surface area contributed by atoms with E-state index in [0.29, 0.717) is 13.0 Å². The second kappa shape index (κ2) is 5.85. The standard InChI is InChI=1S/C20H21NO2S/c1-23-17-11-16-14(9-18(17)24-2)10-19(22)21-12-20(16)8-7-13-5-3-4-6-15(13)20/h3-6,9,11H,7-8,10,12H2,1-2H3,(H,21,22). The number of thioether (sulfide) groups is 1. The van der Waals surface area contributed by atoms with Crippen LogP contribution in [0.1, 0.15) is 28.7 Å². The number of carbonyl (C=O) groups is 1. The van der Waals surface area contributed by atoms with E-state index in [1.54, 1.807) is 18.9 Å². The van der Waals surface area contributed by atoms with E-state index in [1.165, 1.54) is 16.7 Å². The van der Waals surface area contributed by atoms with Crippen LogP contribution in [0.15, 0.2) is 41.3 Å². The molecule has 0 aromatic heterocycles. The highest BCUT2D eigenvalue weighted by atomic mass is 32.2. The largest absolute Gasteiger partial charge is 0.496 e. The van der Waals surface area contributed by atoms with Crippen molar-refractivity contribution in [3.8, 4) is 5.75 Å². The fourth-order valence-corrected chi connectivity index (χ4v) is 4.85. The number of aryl methyl sites for hydroxylation is 1. The van der Waals surface area contributed by atoms with E-state index in [9.17, 15) is 4.79 Å². The van der Waals surface area contributed by atoms with Crippen molar-refractivity contribution in [3.05, 3.63) is 58.7 Å². The van der Waals surface area contributed by atoms with Gasteiger partial charge in [-0.05, 0) is 53.5 Å². The lowest BCUT2D eigenvalue weighted by Crippen LogP contribution is -2.38. The molecule has 1 aliphatic heterocycles. The van der Waals surface area contributed by atoms with Gasteiger partial charge in [0.2, 0.25) is 5.91 Å². The summed E-state index contributed by atoms with van der Waals surface area (Å²) in [6, 6.07) is 13.0. The molecule has 124 valence electrons. The minimum atomic E-state index is -0.137. The molecule has 1 heterocycles. The highest BCUT2D eigenvalue weighted by Crippen LogP contribution is 2.48. The van der Waals surface area contributed by atoms with Crippen LogP contribution < -0.4 is 10.1 Å². The van der Waals surface area contributed by atoms with Crippen molar-refractivity contribution in [2.24, 2.45) is 0 Å². The number of nitrogens with one attached hydrogen (secondary N) is 1. The fraction of sp³-hybridized carbons (Fsp3) is 0.350. The Hall–Kier alpha value is -1.94.